The van der Waals surface area contributed by atoms with E-state index in [2.05, 4.69) is 0 Å². The number of rotatable bonds is 1. The van der Waals surface area contributed by atoms with Crippen molar-refractivity contribution in [3.8, 4) is 0 Å². The van der Waals surface area contributed by atoms with E-state index in [0.29, 0.717) is 0 Å². The molecule has 0 fully saturated rings. The first-order chi connectivity index (χ1) is 2.56. The van der Waals surface area contributed by atoms with Gasteiger partial charge in [0.05, 0.1) is 0 Å². The van der Waals surface area contributed by atoms with Gasteiger partial charge in [0.15, 0.2) is 0 Å². The fourth-order valence-electron chi connectivity index (χ4n) is 0. The van der Waals surface area contributed by atoms with Crippen molar-refractivity contribution >= 4 is 10.1 Å². The number of hydrogen-bond donors (Lipinski definition) is 1. The molecule has 0 aliphatic heterocycles. The van der Waals surface area contributed by atoms with Crippen LogP contribution in [0.25, 0.3) is 0 Å². The predicted molar refractivity (Wildman–Crippen MR) is 16.8 cm³/mol. The molecular formula is CH3AgO4S. The van der Waals surface area contributed by atoms with Crippen molar-refractivity contribution in [3.05, 3.63) is 0 Å². The SMILES string of the molecule is O=S(=O)([O-])CO.[Ag+]. The summed E-state index contributed by atoms with van der Waals surface area (Å²) >= 11 is 0. The van der Waals surface area contributed by atoms with Gasteiger partial charge in [-0.25, -0.2) is 8.42 Å². The first kappa shape index (κ1) is 10.6. The van der Waals surface area contributed by atoms with Gasteiger partial charge in [-0.3, -0.25) is 0 Å². The summed E-state index contributed by atoms with van der Waals surface area (Å²) in [4.78, 5) is 0. The third-order valence-corrected chi connectivity index (χ3v) is 0.474. The number of hydrogen-bond acceptors (Lipinski definition) is 4. The summed E-state index contributed by atoms with van der Waals surface area (Å²) in [5, 5.41) is 7.50. The van der Waals surface area contributed by atoms with Crippen LogP contribution in [0.1, 0.15) is 0 Å². The zero-order chi connectivity index (χ0) is 5.21. The molecule has 48 valence electrons. The average molecular weight is 219 g/mol. The summed E-state index contributed by atoms with van der Waals surface area (Å²) in [5.41, 5.74) is 0. The first-order valence-electron chi connectivity index (χ1n) is 1.10. The van der Waals surface area contributed by atoms with Crippen LogP contribution in [0.5, 0.6) is 0 Å². The van der Waals surface area contributed by atoms with E-state index in [4.69, 9.17) is 5.11 Å². The van der Waals surface area contributed by atoms with E-state index in [1.165, 1.54) is 0 Å². The minimum Gasteiger partial charge on any atom is -0.746 e. The number of aliphatic hydroxyl groups excluding tert-OH is 1. The summed E-state index contributed by atoms with van der Waals surface area (Å²) in [6.45, 7) is 0. The third-order valence-electron chi connectivity index (χ3n) is 0.158. The summed E-state index contributed by atoms with van der Waals surface area (Å²) in [7, 11) is -4.36. The van der Waals surface area contributed by atoms with Gasteiger partial charge in [0.2, 0.25) is 0 Å². The van der Waals surface area contributed by atoms with E-state index in [0.717, 1.165) is 0 Å². The minimum atomic E-state index is -4.36. The van der Waals surface area contributed by atoms with Crippen LogP contribution in [-0.2, 0) is 32.5 Å². The van der Waals surface area contributed by atoms with Crippen LogP contribution in [0.4, 0.5) is 0 Å². The molecule has 0 bridgehead atoms. The Labute approximate surface area is 56.8 Å². The van der Waals surface area contributed by atoms with Crippen LogP contribution in [0.3, 0.4) is 0 Å². The summed E-state index contributed by atoms with van der Waals surface area (Å²) in [5.74, 6) is -1.31. The van der Waals surface area contributed by atoms with Gasteiger partial charge in [0.1, 0.15) is 16.1 Å². The molecule has 0 aromatic heterocycles. The third kappa shape index (κ3) is 10.8. The van der Waals surface area contributed by atoms with Gasteiger partial charge >= 0.3 is 22.4 Å². The molecule has 7 heavy (non-hydrogen) atoms. The summed E-state index contributed by atoms with van der Waals surface area (Å²) < 4.78 is 27.6. The van der Waals surface area contributed by atoms with E-state index < -0.39 is 16.1 Å². The molecule has 0 saturated carbocycles. The van der Waals surface area contributed by atoms with Gasteiger partial charge in [-0.2, -0.15) is 0 Å². The molecular weight excluding hydrogens is 216 g/mol. The molecule has 0 spiro atoms. The van der Waals surface area contributed by atoms with Crippen LogP contribution >= 0.6 is 0 Å². The summed E-state index contributed by atoms with van der Waals surface area (Å²) in [6.07, 6.45) is 0. The maximum Gasteiger partial charge on any atom is 1.00 e. The largest absolute Gasteiger partial charge is 1.00 e. The van der Waals surface area contributed by atoms with Crippen molar-refractivity contribution in [2.45, 2.75) is 0 Å². The van der Waals surface area contributed by atoms with Crippen molar-refractivity contribution in [1.29, 1.82) is 0 Å². The minimum absolute atomic E-state index is 0. The Morgan fingerprint density at radius 1 is 1.57 bits per heavy atom. The molecule has 0 saturated heterocycles. The molecule has 0 unspecified atom stereocenters. The van der Waals surface area contributed by atoms with Crippen molar-refractivity contribution < 1.29 is 40.5 Å². The van der Waals surface area contributed by atoms with Crippen LogP contribution in [0.2, 0.25) is 0 Å². The van der Waals surface area contributed by atoms with Crippen LogP contribution in [0.15, 0.2) is 0 Å². The van der Waals surface area contributed by atoms with Crippen molar-refractivity contribution in [2.24, 2.45) is 0 Å². The Kier molecular flexibility index (Phi) is 5.42. The fourth-order valence-corrected chi connectivity index (χ4v) is 0. The second-order valence-corrected chi connectivity index (χ2v) is 2.06. The Morgan fingerprint density at radius 2 is 1.71 bits per heavy atom. The van der Waals surface area contributed by atoms with Crippen LogP contribution in [-0.4, -0.2) is 24.0 Å². The molecule has 0 aromatic carbocycles. The maximum absolute atomic E-state index is 9.19. The molecule has 0 aliphatic carbocycles. The Hall–Kier alpha value is 0.610. The molecule has 0 radical (unpaired) electrons. The van der Waals surface area contributed by atoms with E-state index in [-0.39, 0.29) is 22.4 Å². The Bertz CT molecular complexity index is 114. The molecule has 0 aromatic rings. The molecule has 6 heteroatoms. The Balaban J connectivity index is 0. The van der Waals surface area contributed by atoms with E-state index in [1.807, 2.05) is 0 Å². The van der Waals surface area contributed by atoms with Gasteiger partial charge in [0.25, 0.3) is 0 Å². The van der Waals surface area contributed by atoms with Gasteiger partial charge in [-0.1, -0.05) is 0 Å². The molecule has 4 nitrogen and oxygen atoms in total. The van der Waals surface area contributed by atoms with E-state index in [9.17, 15) is 13.0 Å². The molecule has 1 N–H and O–H groups in total. The topological polar surface area (TPSA) is 77.4 Å². The maximum atomic E-state index is 9.19. The molecule has 0 heterocycles. The monoisotopic (exact) mass is 218 g/mol. The average Bonchev–Trinajstić information content (AvgIpc) is 1.35. The summed E-state index contributed by atoms with van der Waals surface area (Å²) in [6, 6.07) is 0. The van der Waals surface area contributed by atoms with Crippen molar-refractivity contribution in [3.63, 3.8) is 0 Å². The van der Waals surface area contributed by atoms with E-state index in [1.54, 1.807) is 0 Å². The van der Waals surface area contributed by atoms with E-state index >= 15 is 0 Å². The Morgan fingerprint density at radius 3 is 1.71 bits per heavy atom. The van der Waals surface area contributed by atoms with Crippen LogP contribution in [0, 0.1) is 0 Å². The normalized spacial score (nSPS) is 10.0. The van der Waals surface area contributed by atoms with Crippen LogP contribution < -0.4 is 0 Å². The zero-order valence-corrected chi connectivity index (χ0v) is 5.39. The van der Waals surface area contributed by atoms with Gasteiger partial charge in [0, 0.05) is 0 Å². The van der Waals surface area contributed by atoms with Gasteiger partial charge in [-0.05, 0) is 0 Å². The van der Waals surface area contributed by atoms with Crippen molar-refractivity contribution in [1.82, 2.24) is 0 Å². The van der Waals surface area contributed by atoms with Gasteiger partial charge < -0.3 is 9.66 Å². The van der Waals surface area contributed by atoms with Crippen molar-refractivity contribution in [2.75, 3.05) is 5.94 Å². The molecule has 0 amide bonds. The fraction of sp³-hybridized carbons (Fsp3) is 1.00. The zero-order valence-electron chi connectivity index (χ0n) is 3.09. The number of aliphatic hydroxyl groups is 1. The second kappa shape index (κ2) is 3.59. The molecule has 0 atom stereocenters. The molecule has 0 aliphatic rings. The quantitative estimate of drug-likeness (QED) is 0.429. The molecule has 0 rings (SSSR count). The second-order valence-electron chi connectivity index (χ2n) is 0.687. The van der Waals surface area contributed by atoms with Gasteiger partial charge in [-0.15, -0.1) is 0 Å². The first-order valence-corrected chi connectivity index (χ1v) is 2.68. The smallest absolute Gasteiger partial charge is 0.746 e. The predicted octanol–water partition coefficient (Wildman–Crippen LogP) is -1.52. The standard InChI is InChI=1S/CH4O4S.Ag/c2-1-6(3,4)5;/h2H,1H2,(H,3,4,5);/q;+1/p-1.